The van der Waals surface area contributed by atoms with Crippen LogP contribution in [0.5, 0.6) is 0 Å². The van der Waals surface area contributed by atoms with Crippen LogP contribution in [0, 0.1) is 0 Å². The van der Waals surface area contributed by atoms with Gasteiger partial charge in [0.05, 0.1) is 0 Å². The summed E-state index contributed by atoms with van der Waals surface area (Å²) in [7, 11) is 1.83. The molecule has 1 aliphatic heterocycles. The molecule has 0 aromatic carbocycles. The lowest BCUT2D eigenvalue weighted by atomic mass is 11.3. The van der Waals surface area contributed by atoms with Crippen LogP contribution in [0.25, 0.3) is 0 Å². The van der Waals surface area contributed by atoms with Crippen LogP contribution in [0.3, 0.4) is 0 Å². The van der Waals surface area contributed by atoms with Crippen molar-refractivity contribution >= 4 is 6.34 Å². The molecule has 0 atom stereocenters. The van der Waals surface area contributed by atoms with Gasteiger partial charge in [-0.3, -0.25) is 5.43 Å². The molecule has 1 heterocycles. The van der Waals surface area contributed by atoms with E-state index in [1.165, 1.54) is 0 Å². The highest BCUT2D eigenvalue weighted by Crippen LogP contribution is 1.68. The molecule has 0 aromatic heterocycles. The van der Waals surface area contributed by atoms with Crippen LogP contribution >= 0.6 is 0 Å². The van der Waals surface area contributed by atoms with E-state index in [2.05, 4.69) is 16.1 Å². The minimum absolute atomic E-state index is 1.57. The summed E-state index contributed by atoms with van der Waals surface area (Å²) in [5.74, 6) is 0. The molecule has 0 aliphatic carbocycles. The predicted octanol–water partition coefficient (Wildman–Crippen LogP) is -1.12. The predicted molar refractivity (Wildman–Crippen MR) is 22.5 cm³/mol. The maximum atomic E-state index is 3.60. The first-order chi connectivity index (χ1) is 2.89. The number of nitrogens with zero attached hydrogens (tertiary/aromatic N) is 2. The summed E-state index contributed by atoms with van der Waals surface area (Å²) >= 11 is 0. The van der Waals surface area contributed by atoms with Crippen molar-refractivity contribution in [2.45, 2.75) is 0 Å². The molecule has 1 aliphatic rings. The Morgan fingerprint density at radius 3 is 2.83 bits per heavy atom. The molecular formula is C2H6N4. The van der Waals surface area contributed by atoms with E-state index >= 15 is 0 Å². The van der Waals surface area contributed by atoms with Gasteiger partial charge >= 0.3 is 0 Å². The van der Waals surface area contributed by atoms with Crippen LogP contribution < -0.4 is 11.0 Å². The first-order valence-electron chi connectivity index (χ1n) is 1.66. The van der Waals surface area contributed by atoms with E-state index in [1.807, 2.05) is 7.05 Å². The summed E-state index contributed by atoms with van der Waals surface area (Å²) < 4.78 is 0. The maximum absolute atomic E-state index is 3.60. The summed E-state index contributed by atoms with van der Waals surface area (Å²) in [6.45, 7) is 0. The van der Waals surface area contributed by atoms with E-state index in [1.54, 1.807) is 11.5 Å². The molecule has 0 saturated carbocycles. The quantitative estimate of drug-likeness (QED) is 0.392. The molecule has 0 spiro atoms. The van der Waals surface area contributed by atoms with Crippen molar-refractivity contribution in [1.29, 1.82) is 0 Å². The fourth-order valence-electron chi connectivity index (χ4n) is 0.260. The molecule has 34 valence electrons. The van der Waals surface area contributed by atoms with Crippen molar-refractivity contribution in [3.05, 3.63) is 0 Å². The zero-order valence-corrected chi connectivity index (χ0v) is 3.47. The Bertz CT molecular complexity index is 59.9. The van der Waals surface area contributed by atoms with Gasteiger partial charge in [-0.05, 0) is 0 Å². The molecular weight excluding hydrogens is 80.1 g/mol. The standard InChI is InChI=1S/C2H6N4/c1-6-4-2-3-5-6/h2,5H,1H3,(H,3,4). The lowest BCUT2D eigenvalue weighted by Gasteiger charge is -2.03. The molecule has 6 heavy (non-hydrogen) atoms. The smallest absolute Gasteiger partial charge is 0.126 e. The second kappa shape index (κ2) is 1.14. The largest absolute Gasteiger partial charge is 0.289 e. The molecule has 0 unspecified atom stereocenters. The van der Waals surface area contributed by atoms with Gasteiger partial charge in [0, 0.05) is 7.05 Å². The maximum Gasteiger partial charge on any atom is 0.126 e. The van der Waals surface area contributed by atoms with Gasteiger partial charge in [-0.2, -0.15) is 5.10 Å². The Morgan fingerprint density at radius 1 is 1.83 bits per heavy atom. The summed E-state index contributed by atoms with van der Waals surface area (Å²) in [6.07, 6.45) is 1.57. The molecule has 2 N–H and O–H groups in total. The van der Waals surface area contributed by atoms with E-state index in [-0.39, 0.29) is 0 Å². The van der Waals surface area contributed by atoms with Gasteiger partial charge in [0.1, 0.15) is 6.34 Å². The van der Waals surface area contributed by atoms with Crippen LogP contribution in [0.2, 0.25) is 0 Å². The normalized spacial score (nSPS) is 20.2. The van der Waals surface area contributed by atoms with Crippen molar-refractivity contribution in [2.24, 2.45) is 5.10 Å². The van der Waals surface area contributed by atoms with Gasteiger partial charge < -0.3 is 0 Å². The average Bonchev–Trinajstić information content (AvgIpc) is 1.86. The third-order valence-corrected chi connectivity index (χ3v) is 0.524. The van der Waals surface area contributed by atoms with Crippen LogP contribution in [0.4, 0.5) is 0 Å². The van der Waals surface area contributed by atoms with Gasteiger partial charge in [0.25, 0.3) is 0 Å². The van der Waals surface area contributed by atoms with Crippen molar-refractivity contribution in [3.8, 4) is 0 Å². The summed E-state index contributed by atoms with van der Waals surface area (Å²) in [4.78, 5) is 0. The zero-order chi connectivity index (χ0) is 4.41. The highest BCUT2D eigenvalue weighted by Gasteiger charge is 1.91. The van der Waals surface area contributed by atoms with Gasteiger partial charge in [-0.1, -0.05) is 0 Å². The molecule has 0 radical (unpaired) electrons. The number of hydrogen-bond acceptors (Lipinski definition) is 4. The highest BCUT2D eigenvalue weighted by molar-refractivity contribution is 5.53. The molecule has 0 saturated heterocycles. The number of rotatable bonds is 0. The van der Waals surface area contributed by atoms with Crippen molar-refractivity contribution in [2.75, 3.05) is 7.05 Å². The lowest BCUT2D eigenvalue weighted by molar-refractivity contribution is 0.233. The first-order valence-corrected chi connectivity index (χ1v) is 1.66. The van der Waals surface area contributed by atoms with Crippen LogP contribution in [-0.4, -0.2) is 18.5 Å². The third kappa shape index (κ3) is 0.414. The zero-order valence-electron chi connectivity index (χ0n) is 3.47. The molecule has 1 rings (SSSR count). The van der Waals surface area contributed by atoms with E-state index < -0.39 is 0 Å². The summed E-state index contributed by atoms with van der Waals surface area (Å²) in [5, 5.41) is 5.24. The highest BCUT2D eigenvalue weighted by atomic mass is 15.8. The SMILES string of the molecule is CN1NC=NN1. The monoisotopic (exact) mass is 86.1 g/mol. The molecule has 0 amide bonds. The average molecular weight is 86.1 g/mol. The molecule has 0 aromatic rings. The van der Waals surface area contributed by atoms with Crippen molar-refractivity contribution in [1.82, 2.24) is 16.1 Å². The fourth-order valence-corrected chi connectivity index (χ4v) is 0.260. The Balaban J connectivity index is 2.32. The van der Waals surface area contributed by atoms with Crippen LogP contribution in [-0.2, 0) is 0 Å². The van der Waals surface area contributed by atoms with E-state index in [4.69, 9.17) is 0 Å². The number of hydrazine groups is 2. The number of hydrogen-bond donors (Lipinski definition) is 2. The number of nitrogens with one attached hydrogen (secondary N) is 2. The van der Waals surface area contributed by atoms with Crippen LogP contribution in [0.1, 0.15) is 0 Å². The Kier molecular flexibility index (Phi) is 0.648. The molecule has 0 fully saturated rings. The van der Waals surface area contributed by atoms with E-state index in [9.17, 15) is 0 Å². The van der Waals surface area contributed by atoms with Crippen LogP contribution in [0.15, 0.2) is 5.10 Å². The molecule has 4 nitrogen and oxygen atoms in total. The molecule has 0 bridgehead atoms. The van der Waals surface area contributed by atoms with E-state index in [0.717, 1.165) is 0 Å². The molecule has 4 heteroatoms. The minimum atomic E-state index is 1.57. The second-order valence-corrected chi connectivity index (χ2v) is 1.05. The summed E-state index contributed by atoms with van der Waals surface area (Å²) in [5.41, 5.74) is 5.36. The van der Waals surface area contributed by atoms with E-state index in [0.29, 0.717) is 0 Å². The van der Waals surface area contributed by atoms with Gasteiger partial charge in [-0.15, -0.1) is 5.12 Å². The Labute approximate surface area is 35.8 Å². The first kappa shape index (κ1) is 3.42. The van der Waals surface area contributed by atoms with Crippen molar-refractivity contribution < 1.29 is 0 Å². The second-order valence-electron chi connectivity index (χ2n) is 1.05. The van der Waals surface area contributed by atoms with Crippen molar-refractivity contribution in [3.63, 3.8) is 0 Å². The third-order valence-electron chi connectivity index (χ3n) is 0.524. The Hall–Kier alpha value is -0.770. The number of hydrazone groups is 1. The lowest BCUT2D eigenvalue weighted by Crippen LogP contribution is -2.34. The Morgan fingerprint density at radius 2 is 2.67 bits per heavy atom. The topological polar surface area (TPSA) is 39.7 Å². The minimum Gasteiger partial charge on any atom is -0.289 e. The fraction of sp³-hybridized carbons (Fsp3) is 0.500. The van der Waals surface area contributed by atoms with Gasteiger partial charge in [0.15, 0.2) is 0 Å². The van der Waals surface area contributed by atoms with Gasteiger partial charge in [-0.25, -0.2) is 5.53 Å². The summed E-state index contributed by atoms with van der Waals surface area (Å²) in [6, 6.07) is 0. The van der Waals surface area contributed by atoms with Gasteiger partial charge in [0.2, 0.25) is 0 Å².